The monoisotopic (exact) mass is 293 g/mol. The minimum atomic E-state index is 0.301. The van der Waals surface area contributed by atoms with Crippen LogP contribution >= 0.6 is 11.3 Å². The Morgan fingerprint density at radius 3 is 3.15 bits per heavy atom. The van der Waals surface area contributed by atoms with Crippen molar-refractivity contribution in [1.82, 2.24) is 15.1 Å². The highest BCUT2D eigenvalue weighted by atomic mass is 32.1. The molecule has 1 aromatic rings. The molecule has 0 saturated carbocycles. The normalized spacial score (nSPS) is 27.9. The first-order valence-electron chi connectivity index (χ1n) is 7.53. The van der Waals surface area contributed by atoms with Crippen molar-refractivity contribution in [1.29, 1.82) is 0 Å². The van der Waals surface area contributed by atoms with Crippen molar-refractivity contribution in [2.24, 2.45) is 0 Å². The van der Waals surface area contributed by atoms with Crippen LogP contribution in [0.4, 0.5) is 0 Å². The molecule has 20 heavy (non-hydrogen) atoms. The molecule has 1 amide bonds. The summed E-state index contributed by atoms with van der Waals surface area (Å²) in [4.78, 5) is 18.4. The third-order valence-electron chi connectivity index (χ3n) is 4.42. The van der Waals surface area contributed by atoms with E-state index >= 15 is 0 Å². The third-order valence-corrected chi connectivity index (χ3v) is 5.40. The van der Waals surface area contributed by atoms with Crippen LogP contribution in [-0.4, -0.2) is 54.5 Å². The Morgan fingerprint density at radius 2 is 2.40 bits per heavy atom. The van der Waals surface area contributed by atoms with Crippen LogP contribution in [0.5, 0.6) is 0 Å². The van der Waals surface area contributed by atoms with Crippen molar-refractivity contribution >= 4 is 17.2 Å². The predicted octanol–water partition coefficient (Wildman–Crippen LogP) is 1.71. The first-order valence-corrected chi connectivity index (χ1v) is 8.41. The summed E-state index contributed by atoms with van der Waals surface area (Å²) in [5, 5.41) is 5.48. The standard InChI is InChI=1S/C15H23N3OS/c1-12-10-16-6-8-17(12)11-15(19)18-7-2-4-13(18)14-5-3-9-20-14/h3,5,9,12-13,16H,2,4,6-8,10-11H2,1H3. The number of nitrogens with one attached hydrogen (secondary N) is 1. The summed E-state index contributed by atoms with van der Waals surface area (Å²) in [6, 6.07) is 5.02. The summed E-state index contributed by atoms with van der Waals surface area (Å²) >= 11 is 1.77. The Bertz CT molecular complexity index is 448. The number of likely N-dealkylation sites (tertiary alicyclic amines) is 1. The fourth-order valence-electron chi connectivity index (χ4n) is 3.22. The largest absolute Gasteiger partial charge is 0.334 e. The summed E-state index contributed by atoms with van der Waals surface area (Å²) in [6.07, 6.45) is 2.24. The smallest absolute Gasteiger partial charge is 0.237 e. The van der Waals surface area contributed by atoms with Gasteiger partial charge in [-0.15, -0.1) is 11.3 Å². The summed E-state index contributed by atoms with van der Waals surface area (Å²) in [6.45, 7) is 6.64. The molecule has 2 fully saturated rings. The number of carbonyl (C=O) groups excluding carboxylic acids is 1. The van der Waals surface area contributed by atoms with E-state index in [4.69, 9.17) is 0 Å². The van der Waals surface area contributed by atoms with Gasteiger partial charge in [-0.2, -0.15) is 0 Å². The molecule has 4 nitrogen and oxygen atoms in total. The van der Waals surface area contributed by atoms with Gasteiger partial charge in [0.1, 0.15) is 0 Å². The fraction of sp³-hybridized carbons (Fsp3) is 0.667. The topological polar surface area (TPSA) is 35.6 Å². The van der Waals surface area contributed by atoms with Crippen LogP contribution in [-0.2, 0) is 4.79 Å². The van der Waals surface area contributed by atoms with Crippen LogP contribution < -0.4 is 5.32 Å². The molecule has 2 aliphatic heterocycles. The molecule has 3 heterocycles. The molecule has 2 saturated heterocycles. The van der Waals surface area contributed by atoms with Gasteiger partial charge in [-0.25, -0.2) is 0 Å². The van der Waals surface area contributed by atoms with Crippen molar-refractivity contribution in [3.8, 4) is 0 Å². The van der Waals surface area contributed by atoms with Crippen molar-refractivity contribution in [3.05, 3.63) is 22.4 Å². The Balaban J connectivity index is 1.64. The number of carbonyl (C=O) groups is 1. The van der Waals surface area contributed by atoms with Gasteiger partial charge in [0.05, 0.1) is 12.6 Å². The van der Waals surface area contributed by atoms with Gasteiger partial charge in [0.2, 0.25) is 5.91 Å². The maximum absolute atomic E-state index is 12.6. The Morgan fingerprint density at radius 1 is 1.50 bits per heavy atom. The van der Waals surface area contributed by atoms with E-state index in [0.29, 0.717) is 24.5 Å². The van der Waals surface area contributed by atoms with Gasteiger partial charge < -0.3 is 10.2 Å². The third kappa shape index (κ3) is 2.90. The highest BCUT2D eigenvalue weighted by Crippen LogP contribution is 2.34. The molecule has 0 aromatic carbocycles. The molecule has 0 spiro atoms. The summed E-state index contributed by atoms with van der Waals surface area (Å²) in [5.74, 6) is 0.301. The zero-order valence-electron chi connectivity index (χ0n) is 12.0. The van der Waals surface area contributed by atoms with E-state index in [9.17, 15) is 4.79 Å². The van der Waals surface area contributed by atoms with Gasteiger partial charge in [0.15, 0.2) is 0 Å². The van der Waals surface area contributed by atoms with Gasteiger partial charge >= 0.3 is 0 Å². The predicted molar refractivity (Wildman–Crippen MR) is 81.9 cm³/mol. The van der Waals surface area contributed by atoms with Crippen LogP contribution in [0.15, 0.2) is 17.5 Å². The number of rotatable bonds is 3. The minimum absolute atomic E-state index is 0.301. The molecular formula is C15H23N3OS. The lowest BCUT2D eigenvalue weighted by Crippen LogP contribution is -2.53. The molecule has 0 aliphatic carbocycles. The second-order valence-electron chi connectivity index (χ2n) is 5.78. The van der Waals surface area contributed by atoms with Crippen molar-refractivity contribution in [2.75, 3.05) is 32.7 Å². The quantitative estimate of drug-likeness (QED) is 0.921. The van der Waals surface area contributed by atoms with Crippen molar-refractivity contribution in [3.63, 3.8) is 0 Å². The lowest BCUT2D eigenvalue weighted by Gasteiger charge is -2.35. The summed E-state index contributed by atoms with van der Waals surface area (Å²) in [5.41, 5.74) is 0. The van der Waals surface area contributed by atoms with Crippen molar-refractivity contribution < 1.29 is 4.79 Å². The summed E-state index contributed by atoms with van der Waals surface area (Å²) in [7, 11) is 0. The van der Waals surface area contributed by atoms with Crippen LogP contribution in [0.3, 0.4) is 0 Å². The lowest BCUT2D eigenvalue weighted by atomic mass is 10.2. The molecule has 2 unspecified atom stereocenters. The second-order valence-corrected chi connectivity index (χ2v) is 6.76. The van der Waals surface area contributed by atoms with Gasteiger partial charge in [0.25, 0.3) is 0 Å². The number of hydrogen-bond acceptors (Lipinski definition) is 4. The minimum Gasteiger partial charge on any atom is -0.334 e. The molecule has 2 aliphatic rings. The number of hydrogen-bond donors (Lipinski definition) is 1. The average molecular weight is 293 g/mol. The van der Waals surface area contributed by atoms with Gasteiger partial charge in [-0.1, -0.05) is 6.07 Å². The molecule has 1 N–H and O–H groups in total. The Labute approximate surface area is 124 Å². The van der Waals surface area contributed by atoms with Crippen LogP contribution in [0.1, 0.15) is 30.7 Å². The SMILES string of the molecule is CC1CNCCN1CC(=O)N1CCCC1c1cccs1. The number of piperazine rings is 1. The van der Waals surface area contributed by atoms with E-state index in [1.165, 1.54) is 4.88 Å². The molecule has 0 bridgehead atoms. The van der Waals surface area contributed by atoms with Crippen LogP contribution in [0.25, 0.3) is 0 Å². The van der Waals surface area contributed by atoms with Crippen LogP contribution in [0.2, 0.25) is 0 Å². The number of thiophene rings is 1. The molecule has 2 atom stereocenters. The number of nitrogens with zero attached hydrogens (tertiary/aromatic N) is 2. The number of amides is 1. The Hall–Kier alpha value is -0.910. The van der Waals surface area contributed by atoms with E-state index in [2.05, 4.69) is 39.6 Å². The first-order chi connectivity index (χ1) is 9.75. The average Bonchev–Trinajstić information content (AvgIpc) is 3.11. The molecule has 5 heteroatoms. The molecule has 3 rings (SSSR count). The van der Waals surface area contributed by atoms with Crippen LogP contribution in [0, 0.1) is 0 Å². The maximum atomic E-state index is 12.6. The maximum Gasteiger partial charge on any atom is 0.237 e. The van der Waals surface area contributed by atoms with E-state index in [1.807, 2.05) is 0 Å². The molecule has 0 radical (unpaired) electrons. The van der Waals surface area contributed by atoms with E-state index in [0.717, 1.165) is 39.0 Å². The Kier molecular flexibility index (Phi) is 4.38. The zero-order valence-corrected chi connectivity index (χ0v) is 12.9. The lowest BCUT2D eigenvalue weighted by molar-refractivity contribution is -0.134. The highest BCUT2D eigenvalue weighted by molar-refractivity contribution is 7.10. The molecule has 110 valence electrons. The van der Waals surface area contributed by atoms with Gasteiger partial charge in [-0.05, 0) is 31.2 Å². The first kappa shape index (κ1) is 14.0. The zero-order chi connectivity index (χ0) is 13.9. The molecule has 1 aromatic heterocycles. The van der Waals surface area contributed by atoms with E-state index in [1.54, 1.807) is 11.3 Å². The van der Waals surface area contributed by atoms with E-state index in [-0.39, 0.29) is 0 Å². The highest BCUT2D eigenvalue weighted by Gasteiger charge is 2.32. The van der Waals surface area contributed by atoms with E-state index < -0.39 is 0 Å². The second kappa shape index (κ2) is 6.24. The fourth-order valence-corrected chi connectivity index (χ4v) is 4.10. The van der Waals surface area contributed by atoms with Gasteiger partial charge in [-0.3, -0.25) is 9.69 Å². The molecular weight excluding hydrogens is 270 g/mol. The van der Waals surface area contributed by atoms with Gasteiger partial charge in [0, 0.05) is 37.1 Å². The summed E-state index contributed by atoms with van der Waals surface area (Å²) < 4.78 is 0. The van der Waals surface area contributed by atoms with Crippen molar-refractivity contribution in [2.45, 2.75) is 31.8 Å².